The summed E-state index contributed by atoms with van der Waals surface area (Å²) >= 11 is 1.66. The van der Waals surface area contributed by atoms with E-state index in [0.717, 1.165) is 36.8 Å². The van der Waals surface area contributed by atoms with Crippen molar-refractivity contribution in [3.63, 3.8) is 0 Å². The number of urea groups is 1. The number of ether oxygens (including phenoxy) is 1. The summed E-state index contributed by atoms with van der Waals surface area (Å²) in [5.74, 6) is 0.553. The molecule has 3 atom stereocenters. The molecular weight excluding hydrogens is 685 g/mol. The second-order valence-electron chi connectivity index (χ2n) is 13.8. The summed E-state index contributed by atoms with van der Waals surface area (Å²) in [6, 6.07) is 23.7. The zero-order valence-electron chi connectivity index (χ0n) is 30.3. The number of carbonyl (C=O) groups is 1. The highest BCUT2D eigenvalue weighted by molar-refractivity contribution is 7.07. The van der Waals surface area contributed by atoms with Gasteiger partial charge in [-0.05, 0) is 106 Å². The minimum absolute atomic E-state index is 0.0663. The van der Waals surface area contributed by atoms with E-state index in [1.807, 2.05) is 47.4 Å². The van der Waals surface area contributed by atoms with Gasteiger partial charge in [-0.3, -0.25) is 10.2 Å². The van der Waals surface area contributed by atoms with E-state index in [9.17, 15) is 15.0 Å². The molecule has 280 valence electrons. The molecule has 2 aliphatic rings. The molecule has 11 heteroatoms. The van der Waals surface area contributed by atoms with Crippen LogP contribution in [0.5, 0.6) is 11.5 Å². The largest absolute Gasteiger partial charge is 0.508 e. The number of benzene rings is 3. The van der Waals surface area contributed by atoms with Crippen molar-refractivity contribution < 1.29 is 19.7 Å². The lowest BCUT2D eigenvalue weighted by molar-refractivity contribution is -0.0315. The van der Waals surface area contributed by atoms with E-state index in [1.54, 1.807) is 29.7 Å². The van der Waals surface area contributed by atoms with Crippen LogP contribution in [0.2, 0.25) is 0 Å². The quantitative estimate of drug-likeness (QED) is 0.0465. The van der Waals surface area contributed by atoms with E-state index in [2.05, 4.69) is 73.8 Å². The molecule has 2 aliphatic heterocycles. The van der Waals surface area contributed by atoms with Gasteiger partial charge in [0.05, 0.1) is 6.26 Å². The van der Waals surface area contributed by atoms with Crippen LogP contribution in [0.3, 0.4) is 0 Å². The first kappa shape index (κ1) is 38.1. The van der Waals surface area contributed by atoms with Gasteiger partial charge in [-0.15, -0.1) is 6.58 Å². The fraction of sp³-hybridized carbons (Fsp3) is 0.357. The highest BCUT2D eigenvalue weighted by Gasteiger charge is 2.26. The Hall–Kier alpha value is -4.65. The molecule has 1 aromatic heterocycles. The van der Waals surface area contributed by atoms with Crippen molar-refractivity contribution in [3.05, 3.63) is 142 Å². The van der Waals surface area contributed by atoms with E-state index < -0.39 is 6.35 Å². The average Bonchev–Trinajstić information content (AvgIpc) is 3.69. The Bertz CT molecular complexity index is 1790. The number of carbonyl (C=O) groups excluding carboxylic acids is 1. The van der Waals surface area contributed by atoms with Crippen LogP contribution in [-0.2, 0) is 43.5 Å². The number of nitrogens with zero attached hydrogens (tertiary/aromatic N) is 2. The first-order valence-corrected chi connectivity index (χ1v) is 19.4. The number of thiophene rings is 1. The lowest BCUT2D eigenvalue weighted by atomic mass is 9.95. The molecule has 3 unspecified atom stereocenters. The molecule has 3 aromatic carbocycles. The van der Waals surface area contributed by atoms with Gasteiger partial charge in [-0.25, -0.2) is 4.79 Å². The standard InChI is InChI=1S/C42H52N6O4S/c1-2-18-48(29-38-23-34-10-12-40(50)25-36(34)27-46-38)42(44-17-13-31-7-4-3-5-8-31)52-20-6-19-47(41(51)43-16-14-32-15-21-53-30-32)28-37-22-33-9-11-39(49)24-35(33)26-45-37/h2-12,15,20-21,24-25,30,37-38,42,44-46,49-50H,1,13-14,16-19,22-23,26-29H2,(H,43,51)/b20-6-. The van der Waals surface area contributed by atoms with E-state index in [-0.39, 0.29) is 29.6 Å². The molecule has 0 bridgehead atoms. The number of hydrogen-bond donors (Lipinski definition) is 6. The first-order chi connectivity index (χ1) is 25.9. The SMILES string of the molecule is C=CCN(CC1Cc2ccc(O)cc2CN1)C(NCCc1ccccc1)O/C=C\CN(CC1Cc2ccc(O)cc2CN1)C(=O)NCCc1ccsc1. The lowest BCUT2D eigenvalue weighted by Crippen LogP contribution is -2.53. The van der Waals surface area contributed by atoms with Gasteiger partial charge < -0.3 is 35.8 Å². The molecule has 2 amide bonds. The monoisotopic (exact) mass is 736 g/mol. The molecule has 10 nitrogen and oxygen atoms in total. The summed E-state index contributed by atoms with van der Waals surface area (Å²) in [5.41, 5.74) is 7.09. The third-order valence-corrected chi connectivity index (χ3v) is 10.6. The number of aromatic hydroxyl groups is 2. The van der Waals surface area contributed by atoms with Crippen molar-refractivity contribution >= 4 is 17.4 Å². The normalized spacial score (nSPS) is 17.2. The van der Waals surface area contributed by atoms with E-state index in [0.29, 0.717) is 52.4 Å². The van der Waals surface area contributed by atoms with Crippen LogP contribution in [0.1, 0.15) is 33.4 Å². The predicted molar refractivity (Wildman–Crippen MR) is 212 cm³/mol. The maximum atomic E-state index is 13.6. The zero-order chi connectivity index (χ0) is 36.8. The van der Waals surface area contributed by atoms with Crippen molar-refractivity contribution in [1.29, 1.82) is 0 Å². The highest BCUT2D eigenvalue weighted by atomic mass is 32.1. The molecule has 0 saturated heterocycles. The van der Waals surface area contributed by atoms with Crippen LogP contribution >= 0.6 is 11.3 Å². The molecule has 53 heavy (non-hydrogen) atoms. The number of phenolic OH excluding ortho intramolecular Hbond substituents is 2. The van der Waals surface area contributed by atoms with Gasteiger partial charge in [0.1, 0.15) is 11.5 Å². The Morgan fingerprint density at radius 2 is 1.55 bits per heavy atom. The Balaban J connectivity index is 1.12. The maximum absolute atomic E-state index is 13.6. The van der Waals surface area contributed by atoms with Crippen molar-refractivity contribution in [1.82, 2.24) is 31.1 Å². The second-order valence-corrected chi connectivity index (χ2v) is 14.6. The van der Waals surface area contributed by atoms with Gasteiger partial charge in [0, 0.05) is 64.4 Å². The number of fused-ring (bicyclic) bond motifs is 2. The number of amides is 2. The van der Waals surface area contributed by atoms with Crippen LogP contribution in [0.15, 0.2) is 109 Å². The topological polar surface area (TPSA) is 121 Å². The summed E-state index contributed by atoms with van der Waals surface area (Å²) in [6.07, 6.45) is 8.31. The van der Waals surface area contributed by atoms with Crippen LogP contribution in [0.4, 0.5) is 4.79 Å². The third-order valence-electron chi connectivity index (χ3n) is 9.83. The summed E-state index contributed by atoms with van der Waals surface area (Å²) in [5, 5.41) is 38.0. The Morgan fingerprint density at radius 3 is 2.21 bits per heavy atom. The molecule has 0 spiro atoms. The van der Waals surface area contributed by atoms with E-state index in [4.69, 9.17) is 4.74 Å². The number of hydrogen-bond acceptors (Lipinski definition) is 9. The summed E-state index contributed by atoms with van der Waals surface area (Å²) in [6.45, 7) is 8.86. The Morgan fingerprint density at radius 1 is 0.868 bits per heavy atom. The average molecular weight is 737 g/mol. The minimum atomic E-state index is -0.434. The molecule has 0 aliphatic carbocycles. The fourth-order valence-corrected chi connectivity index (χ4v) is 7.73. The van der Waals surface area contributed by atoms with Crippen LogP contribution in [-0.4, -0.2) is 83.7 Å². The predicted octanol–water partition coefficient (Wildman–Crippen LogP) is 5.28. The smallest absolute Gasteiger partial charge is 0.317 e. The van der Waals surface area contributed by atoms with Crippen LogP contribution in [0.25, 0.3) is 0 Å². The number of phenols is 2. The van der Waals surface area contributed by atoms with E-state index >= 15 is 0 Å². The van der Waals surface area contributed by atoms with Gasteiger partial charge in [0.2, 0.25) is 6.35 Å². The second kappa shape index (κ2) is 19.4. The molecule has 0 fully saturated rings. The molecule has 0 radical (unpaired) electrons. The van der Waals surface area contributed by atoms with Crippen molar-refractivity contribution in [2.75, 3.05) is 39.3 Å². The Labute approximate surface area is 317 Å². The summed E-state index contributed by atoms with van der Waals surface area (Å²) in [4.78, 5) is 17.7. The van der Waals surface area contributed by atoms with Crippen molar-refractivity contribution in [2.45, 2.75) is 57.2 Å². The minimum Gasteiger partial charge on any atom is -0.508 e. The zero-order valence-corrected chi connectivity index (χ0v) is 31.1. The molecule has 6 rings (SSSR count). The molecule has 3 heterocycles. The van der Waals surface area contributed by atoms with Gasteiger partial charge in [0.25, 0.3) is 0 Å². The summed E-state index contributed by atoms with van der Waals surface area (Å²) in [7, 11) is 0. The van der Waals surface area contributed by atoms with Crippen molar-refractivity contribution in [2.24, 2.45) is 0 Å². The van der Waals surface area contributed by atoms with Crippen LogP contribution < -0.4 is 21.3 Å². The fourth-order valence-electron chi connectivity index (χ4n) is 7.02. The van der Waals surface area contributed by atoms with Gasteiger partial charge in [-0.2, -0.15) is 11.3 Å². The maximum Gasteiger partial charge on any atom is 0.317 e. The van der Waals surface area contributed by atoms with Gasteiger partial charge in [0.15, 0.2) is 0 Å². The molecule has 4 aromatic rings. The highest BCUT2D eigenvalue weighted by Crippen LogP contribution is 2.23. The van der Waals surface area contributed by atoms with Crippen molar-refractivity contribution in [3.8, 4) is 11.5 Å². The molecule has 6 N–H and O–H groups in total. The molecule has 0 saturated carbocycles. The first-order valence-electron chi connectivity index (χ1n) is 18.5. The van der Waals surface area contributed by atoms with Gasteiger partial charge in [-0.1, -0.05) is 48.5 Å². The lowest BCUT2D eigenvalue weighted by Gasteiger charge is -2.35. The van der Waals surface area contributed by atoms with Gasteiger partial charge >= 0.3 is 6.03 Å². The Kier molecular flexibility index (Phi) is 14.0. The van der Waals surface area contributed by atoms with Crippen LogP contribution in [0, 0.1) is 0 Å². The molecular formula is C42H52N6O4S. The number of rotatable bonds is 18. The number of nitrogens with one attached hydrogen (secondary N) is 4. The summed E-state index contributed by atoms with van der Waals surface area (Å²) < 4.78 is 6.46. The van der Waals surface area contributed by atoms with E-state index in [1.165, 1.54) is 22.3 Å². The third kappa shape index (κ3) is 11.4.